The van der Waals surface area contributed by atoms with Gasteiger partial charge in [0, 0.05) is 23.6 Å². The topological polar surface area (TPSA) is 65.7 Å². The van der Waals surface area contributed by atoms with E-state index in [1.807, 2.05) is 30.3 Å². The second-order valence-electron chi connectivity index (χ2n) is 8.21. The number of rotatable bonds is 4. The fourth-order valence-electron chi connectivity index (χ4n) is 4.37. The molecule has 0 unspecified atom stereocenters. The summed E-state index contributed by atoms with van der Waals surface area (Å²) in [7, 11) is 0. The number of aromatic amines is 2. The summed E-state index contributed by atoms with van der Waals surface area (Å²) in [5, 5.41) is 0. The van der Waals surface area contributed by atoms with Gasteiger partial charge in [-0.2, -0.15) is 13.2 Å². The highest BCUT2D eigenvalue weighted by atomic mass is 19.4. The molecule has 0 amide bonds. The Morgan fingerprint density at radius 3 is 2.44 bits per heavy atom. The van der Waals surface area contributed by atoms with Crippen molar-refractivity contribution in [3.8, 4) is 0 Å². The highest BCUT2D eigenvalue weighted by molar-refractivity contribution is 5.70. The van der Waals surface area contributed by atoms with E-state index in [4.69, 9.17) is 0 Å². The molecule has 7 heteroatoms. The Hall–Kier alpha value is -3.35. The van der Waals surface area contributed by atoms with E-state index in [0.29, 0.717) is 48.1 Å². The summed E-state index contributed by atoms with van der Waals surface area (Å²) in [5.41, 5.74) is 1.76. The van der Waals surface area contributed by atoms with Gasteiger partial charge in [-0.3, -0.25) is 9.78 Å². The molecular formula is C25H23F3N2O2. The average molecular weight is 440 g/mol. The number of aromatic nitrogens is 2. The summed E-state index contributed by atoms with van der Waals surface area (Å²) in [6.45, 7) is 1.64. The molecule has 0 aliphatic heterocycles. The standard InChI is InChI=1S/C25H23F3N2O2/c1-15-7-12-19(21(13-15)25(26,27)28)17-8-10-18(11-9-17)22-20(23(31)30-24(32)29-22)14-16-5-3-2-4-6-16/h2-8,12-13,18H,9-11,14H2,1H3,(H2,29,30,31,32)/t18-/m1/s1. The van der Waals surface area contributed by atoms with Crippen LogP contribution >= 0.6 is 0 Å². The fraction of sp³-hybridized carbons (Fsp3) is 0.280. The van der Waals surface area contributed by atoms with Crippen LogP contribution in [0.5, 0.6) is 0 Å². The van der Waals surface area contributed by atoms with Gasteiger partial charge in [0.15, 0.2) is 0 Å². The molecule has 1 atom stereocenters. The van der Waals surface area contributed by atoms with Crippen LogP contribution in [-0.4, -0.2) is 9.97 Å². The van der Waals surface area contributed by atoms with Gasteiger partial charge in [0.1, 0.15) is 0 Å². The van der Waals surface area contributed by atoms with Crippen LogP contribution < -0.4 is 11.2 Å². The average Bonchev–Trinajstić information content (AvgIpc) is 2.76. The number of hydrogen-bond acceptors (Lipinski definition) is 2. The molecule has 2 N–H and O–H groups in total. The van der Waals surface area contributed by atoms with Gasteiger partial charge in [0.25, 0.3) is 5.56 Å². The molecule has 1 aliphatic carbocycles. The van der Waals surface area contributed by atoms with Crippen molar-refractivity contribution in [2.24, 2.45) is 0 Å². The van der Waals surface area contributed by atoms with Crippen LogP contribution in [0.15, 0.2) is 64.2 Å². The lowest BCUT2D eigenvalue weighted by Crippen LogP contribution is -2.30. The molecule has 0 saturated carbocycles. The predicted octanol–water partition coefficient (Wildman–Crippen LogP) is 5.33. The summed E-state index contributed by atoms with van der Waals surface area (Å²) < 4.78 is 40.7. The van der Waals surface area contributed by atoms with Crippen LogP contribution in [0.1, 0.15) is 58.7 Å². The highest BCUT2D eigenvalue weighted by Crippen LogP contribution is 2.41. The molecule has 2 aromatic carbocycles. The van der Waals surface area contributed by atoms with Crippen molar-refractivity contribution < 1.29 is 13.2 Å². The van der Waals surface area contributed by atoms with Gasteiger partial charge in [0.2, 0.25) is 0 Å². The first-order valence-electron chi connectivity index (χ1n) is 10.5. The van der Waals surface area contributed by atoms with E-state index in [-0.39, 0.29) is 11.5 Å². The zero-order chi connectivity index (χ0) is 22.9. The predicted molar refractivity (Wildman–Crippen MR) is 118 cm³/mol. The molecule has 1 heterocycles. The molecule has 1 aromatic heterocycles. The molecule has 1 aliphatic rings. The van der Waals surface area contributed by atoms with Gasteiger partial charge >= 0.3 is 11.9 Å². The Bertz CT molecular complexity index is 1270. The second-order valence-corrected chi connectivity index (χ2v) is 8.21. The van der Waals surface area contributed by atoms with E-state index in [2.05, 4.69) is 9.97 Å². The van der Waals surface area contributed by atoms with Gasteiger partial charge in [-0.05, 0) is 49.0 Å². The van der Waals surface area contributed by atoms with Crippen LogP contribution in [0.2, 0.25) is 0 Å². The summed E-state index contributed by atoms with van der Waals surface area (Å²) in [5.74, 6) is -0.146. The Labute approximate surface area is 182 Å². The Balaban J connectivity index is 1.67. The zero-order valence-electron chi connectivity index (χ0n) is 17.6. The molecule has 4 rings (SSSR count). The maximum absolute atomic E-state index is 13.6. The number of allylic oxidation sites excluding steroid dienone is 2. The number of nitrogens with one attached hydrogen (secondary N) is 2. The molecule has 0 bridgehead atoms. The molecule has 0 fully saturated rings. The molecule has 4 nitrogen and oxygen atoms in total. The van der Waals surface area contributed by atoms with E-state index >= 15 is 0 Å². The lowest BCUT2D eigenvalue weighted by Gasteiger charge is -2.25. The van der Waals surface area contributed by atoms with E-state index in [1.165, 1.54) is 12.1 Å². The van der Waals surface area contributed by atoms with Crippen molar-refractivity contribution in [2.75, 3.05) is 0 Å². The largest absolute Gasteiger partial charge is 0.417 e. The SMILES string of the molecule is Cc1ccc(C2=CC[C@@H](c3[nH]c(=O)[nH]c(=O)c3Cc3ccccc3)CC2)c(C(F)(F)F)c1. The monoisotopic (exact) mass is 440 g/mol. The Morgan fingerprint density at radius 2 is 1.78 bits per heavy atom. The van der Waals surface area contributed by atoms with Crippen LogP contribution in [-0.2, 0) is 12.6 Å². The summed E-state index contributed by atoms with van der Waals surface area (Å²) in [6, 6.07) is 13.8. The second kappa shape index (κ2) is 8.65. The number of halogens is 3. The number of benzene rings is 2. The van der Waals surface area contributed by atoms with Gasteiger partial charge < -0.3 is 4.98 Å². The molecule has 3 aromatic rings. The van der Waals surface area contributed by atoms with Gasteiger partial charge in [-0.15, -0.1) is 0 Å². The number of H-pyrrole nitrogens is 2. The zero-order valence-corrected chi connectivity index (χ0v) is 17.6. The van der Waals surface area contributed by atoms with Gasteiger partial charge in [-0.1, -0.05) is 54.1 Å². The first kappa shape index (κ1) is 21.9. The van der Waals surface area contributed by atoms with Crippen LogP contribution in [0, 0.1) is 6.92 Å². The quantitative estimate of drug-likeness (QED) is 0.576. The van der Waals surface area contributed by atoms with Crippen LogP contribution in [0.25, 0.3) is 5.57 Å². The van der Waals surface area contributed by atoms with Crippen LogP contribution in [0.4, 0.5) is 13.2 Å². The minimum absolute atomic E-state index is 0.146. The highest BCUT2D eigenvalue weighted by Gasteiger charge is 2.35. The number of alkyl halides is 3. The number of hydrogen-bond donors (Lipinski definition) is 2. The van der Waals surface area contributed by atoms with E-state index in [1.54, 1.807) is 19.1 Å². The van der Waals surface area contributed by atoms with E-state index in [0.717, 1.165) is 5.56 Å². The molecule has 166 valence electrons. The summed E-state index contributed by atoms with van der Waals surface area (Å²) in [6.07, 6.45) is -0.846. The lowest BCUT2D eigenvalue weighted by molar-refractivity contribution is -0.137. The van der Waals surface area contributed by atoms with Gasteiger partial charge in [0.05, 0.1) is 5.56 Å². The maximum Gasteiger partial charge on any atom is 0.417 e. The first-order chi connectivity index (χ1) is 15.2. The Kier molecular flexibility index (Phi) is 5.91. The third kappa shape index (κ3) is 4.61. The minimum Gasteiger partial charge on any atom is -0.311 e. The minimum atomic E-state index is -4.43. The molecule has 32 heavy (non-hydrogen) atoms. The van der Waals surface area contributed by atoms with Gasteiger partial charge in [-0.25, -0.2) is 4.79 Å². The first-order valence-corrected chi connectivity index (χ1v) is 10.5. The summed E-state index contributed by atoms with van der Waals surface area (Å²) >= 11 is 0. The normalized spacial score (nSPS) is 16.6. The van der Waals surface area contributed by atoms with Crippen molar-refractivity contribution in [2.45, 2.75) is 44.7 Å². The van der Waals surface area contributed by atoms with Crippen molar-refractivity contribution in [3.05, 3.63) is 109 Å². The van der Waals surface area contributed by atoms with Crippen molar-refractivity contribution >= 4 is 5.57 Å². The van der Waals surface area contributed by atoms with E-state index < -0.39 is 23.0 Å². The molecule has 0 spiro atoms. The van der Waals surface area contributed by atoms with Crippen molar-refractivity contribution in [3.63, 3.8) is 0 Å². The van der Waals surface area contributed by atoms with Crippen molar-refractivity contribution in [1.29, 1.82) is 0 Å². The smallest absolute Gasteiger partial charge is 0.311 e. The summed E-state index contributed by atoms with van der Waals surface area (Å²) in [4.78, 5) is 29.6. The van der Waals surface area contributed by atoms with Crippen LogP contribution in [0.3, 0.4) is 0 Å². The Morgan fingerprint density at radius 1 is 1.03 bits per heavy atom. The fourth-order valence-corrected chi connectivity index (χ4v) is 4.37. The number of aryl methyl sites for hydroxylation is 1. The third-order valence-electron chi connectivity index (χ3n) is 5.94. The van der Waals surface area contributed by atoms with E-state index in [9.17, 15) is 22.8 Å². The third-order valence-corrected chi connectivity index (χ3v) is 5.94. The molecular weight excluding hydrogens is 417 g/mol. The maximum atomic E-state index is 13.6. The molecule has 0 radical (unpaired) electrons. The molecule has 0 saturated heterocycles. The lowest BCUT2D eigenvalue weighted by atomic mass is 9.81. The van der Waals surface area contributed by atoms with Crippen molar-refractivity contribution in [1.82, 2.24) is 9.97 Å².